The van der Waals surface area contributed by atoms with Gasteiger partial charge in [-0.2, -0.15) is 0 Å². The molecule has 28 heavy (non-hydrogen) atoms. The van der Waals surface area contributed by atoms with Crippen LogP contribution in [0.4, 0.5) is 0 Å². The first-order valence-corrected chi connectivity index (χ1v) is 11.5. The van der Waals surface area contributed by atoms with Crippen molar-refractivity contribution in [2.24, 2.45) is 0 Å². The molecular formula is C23H44O5. The summed E-state index contributed by atoms with van der Waals surface area (Å²) >= 11 is 0. The first-order valence-electron chi connectivity index (χ1n) is 11.5. The molecule has 1 unspecified atom stereocenters. The molecule has 1 atom stereocenters. The van der Waals surface area contributed by atoms with Gasteiger partial charge in [0.2, 0.25) is 0 Å². The Labute approximate surface area is 172 Å². The lowest BCUT2D eigenvalue weighted by molar-refractivity contribution is -0.158. The predicted molar refractivity (Wildman–Crippen MR) is 113 cm³/mol. The largest absolute Gasteiger partial charge is 0.464 e. The van der Waals surface area contributed by atoms with E-state index < -0.39 is 11.9 Å². The highest BCUT2D eigenvalue weighted by Gasteiger charge is 2.11. The molecule has 0 saturated heterocycles. The number of carbonyl (C=O) groups excluding carboxylic acids is 2. The smallest absolute Gasteiger partial charge is 0.332 e. The molecule has 0 aliphatic heterocycles. The van der Waals surface area contributed by atoms with Crippen LogP contribution in [0.5, 0.6) is 0 Å². The molecule has 0 aromatic rings. The number of esters is 2. The van der Waals surface area contributed by atoms with Gasteiger partial charge >= 0.3 is 11.9 Å². The molecule has 0 saturated carbocycles. The first-order chi connectivity index (χ1) is 13.6. The fraction of sp³-hybridized carbons (Fsp3) is 0.913. The van der Waals surface area contributed by atoms with Gasteiger partial charge in [0.1, 0.15) is 13.2 Å². The van der Waals surface area contributed by atoms with Crippen molar-refractivity contribution in [1.82, 2.24) is 0 Å². The van der Waals surface area contributed by atoms with Crippen LogP contribution < -0.4 is 0 Å². The summed E-state index contributed by atoms with van der Waals surface area (Å²) < 4.78 is 15.5. The summed E-state index contributed by atoms with van der Waals surface area (Å²) in [4.78, 5) is 23.3. The second kappa shape index (κ2) is 20.6. The van der Waals surface area contributed by atoms with E-state index >= 15 is 0 Å². The summed E-state index contributed by atoms with van der Waals surface area (Å²) in [6.45, 7) is 6.32. The SMILES string of the molecule is CCCCCCCCCCCOC(=O)COCC(=O)OC(C)CCCCCC. The highest BCUT2D eigenvalue weighted by atomic mass is 16.6. The topological polar surface area (TPSA) is 61.8 Å². The van der Waals surface area contributed by atoms with Crippen molar-refractivity contribution in [3.8, 4) is 0 Å². The summed E-state index contributed by atoms with van der Waals surface area (Å²) in [6, 6.07) is 0. The molecule has 0 amide bonds. The van der Waals surface area contributed by atoms with Crippen LogP contribution in [0.3, 0.4) is 0 Å². The van der Waals surface area contributed by atoms with E-state index in [9.17, 15) is 9.59 Å². The molecule has 0 radical (unpaired) electrons. The third-order valence-corrected chi connectivity index (χ3v) is 4.75. The monoisotopic (exact) mass is 400 g/mol. The molecule has 5 nitrogen and oxygen atoms in total. The summed E-state index contributed by atoms with van der Waals surface area (Å²) in [7, 11) is 0. The normalized spacial score (nSPS) is 12.0. The van der Waals surface area contributed by atoms with Gasteiger partial charge in [0, 0.05) is 0 Å². The maximum Gasteiger partial charge on any atom is 0.332 e. The third-order valence-electron chi connectivity index (χ3n) is 4.75. The van der Waals surface area contributed by atoms with E-state index in [2.05, 4.69) is 13.8 Å². The number of ether oxygens (including phenoxy) is 3. The Morgan fingerprint density at radius 2 is 1.18 bits per heavy atom. The zero-order valence-electron chi connectivity index (χ0n) is 18.6. The van der Waals surface area contributed by atoms with Gasteiger partial charge in [0.05, 0.1) is 12.7 Å². The highest BCUT2D eigenvalue weighted by Crippen LogP contribution is 2.10. The Balaban J connectivity index is 3.43. The van der Waals surface area contributed by atoms with Crippen molar-refractivity contribution in [3.63, 3.8) is 0 Å². The quantitative estimate of drug-likeness (QED) is 0.186. The highest BCUT2D eigenvalue weighted by molar-refractivity contribution is 5.73. The maximum atomic E-state index is 11.7. The summed E-state index contributed by atoms with van der Waals surface area (Å²) in [5.74, 6) is -0.838. The van der Waals surface area contributed by atoms with Crippen LogP contribution in [-0.2, 0) is 23.8 Å². The van der Waals surface area contributed by atoms with Crippen LogP contribution in [0, 0.1) is 0 Å². The van der Waals surface area contributed by atoms with E-state index in [4.69, 9.17) is 14.2 Å². The van der Waals surface area contributed by atoms with E-state index in [0.29, 0.717) is 6.61 Å². The van der Waals surface area contributed by atoms with Crippen molar-refractivity contribution in [2.45, 2.75) is 117 Å². The molecule has 0 aliphatic rings. The van der Waals surface area contributed by atoms with Crippen LogP contribution in [0.25, 0.3) is 0 Å². The summed E-state index contributed by atoms with van der Waals surface area (Å²) in [6.07, 6.45) is 16.4. The minimum Gasteiger partial charge on any atom is -0.464 e. The fourth-order valence-electron chi connectivity index (χ4n) is 3.03. The van der Waals surface area contributed by atoms with Crippen molar-refractivity contribution < 1.29 is 23.8 Å². The van der Waals surface area contributed by atoms with Crippen LogP contribution >= 0.6 is 0 Å². The van der Waals surface area contributed by atoms with Gasteiger partial charge < -0.3 is 14.2 Å². The molecule has 0 rings (SSSR count). The van der Waals surface area contributed by atoms with E-state index in [1.165, 1.54) is 64.2 Å². The first kappa shape index (κ1) is 26.9. The van der Waals surface area contributed by atoms with Crippen molar-refractivity contribution >= 4 is 11.9 Å². The molecule has 166 valence electrons. The second-order valence-corrected chi connectivity index (χ2v) is 7.69. The van der Waals surface area contributed by atoms with Gasteiger partial charge in [0.15, 0.2) is 0 Å². The van der Waals surface area contributed by atoms with E-state index in [1.807, 2.05) is 6.92 Å². The second-order valence-electron chi connectivity index (χ2n) is 7.69. The zero-order valence-corrected chi connectivity index (χ0v) is 18.6. The standard InChI is InChI=1S/C23H44O5/c1-4-6-8-10-11-12-13-14-16-18-27-22(24)19-26-20-23(25)28-21(3)17-15-9-7-5-2/h21H,4-20H2,1-3H3. The third kappa shape index (κ3) is 19.7. The van der Waals surface area contributed by atoms with Crippen molar-refractivity contribution in [2.75, 3.05) is 19.8 Å². The maximum absolute atomic E-state index is 11.7. The number of rotatable bonds is 20. The minimum atomic E-state index is -0.422. The Morgan fingerprint density at radius 1 is 0.679 bits per heavy atom. The average Bonchev–Trinajstić information content (AvgIpc) is 2.66. The Kier molecular flexibility index (Phi) is 19.8. The molecule has 0 spiro atoms. The number of carbonyl (C=O) groups is 2. The van der Waals surface area contributed by atoms with Crippen LogP contribution in [0.1, 0.15) is 111 Å². The molecule has 0 fully saturated rings. The molecule has 5 heteroatoms. The van der Waals surface area contributed by atoms with Gasteiger partial charge in [0.25, 0.3) is 0 Å². The van der Waals surface area contributed by atoms with Crippen LogP contribution in [0.15, 0.2) is 0 Å². The van der Waals surface area contributed by atoms with Gasteiger partial charge in [-0.1, -0.05) is 84.5 Å². The number of hydrogen-bond acceptors (Lipinski definition) is 5. The van der Waals surface area contributed by atoms with Gasteiger partial charge in [-0.15, -0.1) is 0 Å². The lowest BCUT2D eigenvalue weighted by Gasteiger charge is -2.13. The van der Waals surface area contributed by atoms with Gasteiger partial charge in [-0.3, -0.25) is 0 Å². The zero-order chi connectivity index (χ0) is 20.9. The van der Waals surface area contributed by atoms with Crippen molar-refractivity contribution in [1.29, 1.82) is 0 Å². The average molecular weight is 401 g/mol. The minimum absolute atomic E-state index is 0.105. The van der Waals surface area contributed by atoms with Gasteiger partial charge in [-0.05, 0) is 26.2 Å². The Morgan fingerprint density at radius 3 is 1.79 bits per heavy atom. The van der Waals surface area contributed by atoms with E-state index in [-0.39, 0.29) is 19.3 Å². The number of hydrogen-bond donors (Lipinski definition) is 0. The Bertz CT molecular complexity index is 370. The lowest BCUT2D eigenvalue weighted by Crippen LogP contribution is -2.22. The molecular weight excluding hydrogens is 356 g/mol. The van der Waals surface area contributed by atoms with Crippen LogP contribution in [0.2, 0.25) is 0 Å². The number of unbranched alkanes of at least 4 members (excludes halogenated alkanes) is 11. The van der Waals surface area contributed by atoms with Crippen LogP contribution in [-0.4, -0.2) is 37.9 Å². The predicted octanol–water partition coefficient (Wildman–Crippen LogP) is 5.98. The molecule has 0 aromatic carbocycles. The molecule has 0 aromatic heterocycles. The fourth-order valence-corrected chi connectivity index (χ4v) is 3.03. The lowest BCUT2D eigenvalue weighted by atomic mass is 10.1. The molecule has 0 N–H and O–H groups in total. The Hall–Kier alpha value is -1.10. The molecule has 0 heterocycles. The van der Waals surface area contributed by atoms with E-state index in [0.717, 1.165) is 25.7 Å². The van der Waals surface area contributed by atoms with E-state index in [1.54, 1.807) is 0 Å². The molecule has 0 aliphatic carbocycles. The summed E-state index contributed by atoms with van der Waals surface area (Å²) in [5.41, 5.74) is 0. The summed E-state index contributed by atoms with van der Waals surface area (Å²) in [5, 5.41) is 0. The van der Waals surface area contributed by atoms with Crippen molar-refractivity contribution in [3.05, 3.63) is 0 Å². The van der Waals surface area contributed by atoms with Gasteiger partial charge in [-0.25, -0.2) is 9.59 Å². The molecule has 0 bridgehead atoms.